The van der Waals surface area contributed by atoms with Crippen molar-refractivity contribution in [2.24, 2.45) is 17.6 Å². The smallest absolute Gasteiger partial charge is 0.323 e. The minimum absolute atomic E-state index is 0.208. The number of aliphatic carboxylic acids is 2. The molecule has 0 aromatic heterocycles. The molecule has 0 spiro atoms. The van der Waals surface area contributed by atoms with Crippen LogP contribution in [0.25, 0.3) is 0 Å². The molecule has 0 aliphatic carbocycles. The Morgan fingerprint density at radius 1 is 1.19 bits per heavy atom. The van der Waals surface area contributed by atoms with E-state index in [4.69, 9.17) is 10.5 Å². The summed E-state index contributed by atoms with van der Waals surface area (Å²) in [5.41, 5.74) is 4.94. The van der Waals surface area contributed by atoms with Crippen LogP contribution in [0.1, 0.15) is 51.4 Å². The Balaban J connectivity index is 1.67. The van der Waals surface area contributed by atoms with Crippen LogP contribution in [-0.4, -0.2) is 53.4 Å². The lowest BCUT2D eigenvalue weighted by Crippen LogP contribution is -2.57. The summed E-state index contributed by atoms with van der Waals surface area (Å²) in [6.45, 7) is 1.57. The van der Waals surface area contributed by atoms with Gasteiger partial charge in [-0.15, -0.1) is 0 Å². The van der Waals surface area contributed by atoms with Gasteiger partial charge in [-0.25, -0.2) is 0 Å². The van der Waals surface area contributed by atoms with Crippen molar-refractivity contribution < 1.29 is 29.3 Å². The van der Waals surface area contributed by atoms with Crippen LogP contribution in [0.15, 0.2) is 24.3 Å². The highest BCUT2D eigenvalue weighted by Crippen LogP contribution is 2.38. The summed E-state index contributed by atoms with van der Waals surface area (Å²) in [7, 11) is 0. The van der Waals surface area contributed by atoms with Gasteiger partial charge in [0.15, 0.2) is 5.72 Å². The number of rotatable bonds is 10. The van der Waals surface area contributed by atoms with Crippen molar-refractivity contribution >= 4 is 23.5 Å². The number of carboxylic acids is 2. The number of benzene rings is 1. The Labute approximate surface area is 187 Å². The quantitative estimate of drug-likeness (QED) is 0.400. The molecule has 0 bridgehead atoms. The fraction of sp³-hybridized carbons (Fsp3) is 0.609. The Hall–Kier alpha value is -2.65. The lowest BCUT2D eigenvalue weighted by atomic mass is 9.86. The number of nitrogens with two attached hydrogens (primary N) is 1. The molecule has 5 N–H and O–H groups in total. The monoisotopic (exact) mass is 447 g/mol. The predicted octanol–water partition coefficient (Wildman–Crippen LogP) is 2.19. The average Bonchev–Trinajstić information content (AvgIpc) is 2.85. The van der Waals surface area contributed by atoms with Gasteiger partial charge in [-0.05, 0) is 50.4 Å². The molecule has 2 aliphatic heterocycles. The first-order valence-electron chi connectivity index (χ1n) is 11.3. The van der Waals surface area contributed by atoms with Gasteiger partial charge in [0.25, 0.3) is 0 Å². The van der Waals surface area contributed by atoms with Gasteiger partial charge < -0.3 is 20.3 Å². The van der Waals surface area contributed by atoms with Gasteiger partial charge in [-0.3, -0.25) is 25.0 Å². The second-order valence-corrected chi connectivity index (χ2v) is 8.80. The number of carbonyl (C=O) groups excluding carboxylic acids is 1. The van der Waals surface area contributed by atoms with E-state index in [2.05, 4.69) is 5.32 Å². The molecule has 0 saturated carbocycles. The molecule has 1 aromatic carbocycles. The number of nitrogens with zero attached hydrogens (tertiary/aromatic N) is 1. The fourth-order valence-electron chi connectivity index (χ4n) is 4.68. The van der Waals surface area contributed by atoms with Crippen molar-refractivity contribution in [1.29, 1.82) is 0 Å². The molecule has 2 heterocycles. The van der Waals surface area contributed by atoms with Gasteiger partial charge in [-0.2, -0.15) is 0 Å². The van der Waals surface area contributed by atoms with E-state index in [1.807, 2.05) is 0 Å². The number of carbonyl (C=O) groups is 3. The van der Waals surface area contributed by atoms with E-state index in [0.29, 0.717) is 6.42 Å². The minimum Gasteiger partial charge on any atom is -0.481 e. The van der Waals surface area contributed by atoms with Gasteiger partial charge in [0, 0.05) is 0 Å². The molecule has 1 fully saturated rings. The maximum Gasteiger partial charge on any atom is 0.323 e. The highest BCUT2D eigenvalue weighted by atomic mass is 16.5. The second-order valence-electron chi connectivity index (χ2n) is 8.80. The summed E-state index contributed by atoms with van der Waals surface area (Å²) >= 11 is 0. The zero-order valence-electron chi connectivity index (χ0n) is 18.3. The molecule has 9 nitrogen and oxygen atoms in total. The highest BCUT2D eigenvalue weighted by Gasteiger charge is 2.47. The topological polar surface area (TPSA) is 142 Å². The lowest BCUT2D eigenvalue weighted by molar-refractivity contribution is -0.152. The first-order valence-corrected chi connectivity index (χ1v) is 11.3. The van der Waals surface area contributed by atoms with E-state index < -0.39 is 42.5 Å². The molecule has 0 unspecified atom stereocenters. The van der Waals surface area contributed by atoms with Crippen LogP contribution in [0.4, 0.5) is 5.69 Å². The summed E-state index contributed by atoms with van der Waals surface area (Å²) in [4.78, 5) is 37.4. The van der Waals surface area contributed by atoms with Crippen LogP contribution in [0.2, 0.25) is 0 Å². The molecule has 1 amide bonds. The molecule has 176 valence electrons. The number of anilines is 1. The number of amides is 1. The predicted molar refractivity (Wildman–Crippen MR) is 118 cm³/mol. The third-order valence-electron chi connectivity index (χ3n) is 6.43. The molecule has 2 atom stereocenters. The molecule has 2 aliphatic rings. The average molecular weight is 448 g/mol. The fourth-order valence-corrected chi connectivity index (χ4v) is 4.68. The maximum absolute atomic E-state index is 12.9. The SMILES string of the molecule is N[C@@]1([C@H](CCCCCC2CCNCC2)C(=O)O)CC(=O)N(CC(=O)O)c2ccccc2O1. The maximum atomic E-state index is 12.9. The Morgan fingerprint density at radius 2 is 1.91 bits per heavy atom. The molecular weight excluding hydrogens is 414 g/mol. The number of ether oxygens (including phenoxy) is 1. The molecule has 1 saturated heterocycles. The molecule has 9 heteroatoms. The number of para-hydroxylation sites is 2. The third-order valence-corrected chi connectivity index (χ3v) is 6.43. The van der Waals surface area contributed by atoms with Crippen molar-refractivity contribution in [2.45, 2.75) is 57.1 Å². The standard InChI is InChI=1S/C23H33N3O6/c24-23(17(22(30)31)7-3-1-2-6-16-10-12-25-13-11-16)14-20(27)26(15-21(28)29)18-8-4-5-9-19(18)32-23/h4-5,8-9,16-17,25H,1-3,6-7,10-15,24H2,(H,28,29)(H,30,31)/t17-,23+/m1/s1. The van der Waals surface area contributed by atoms with E-state index in [9.17, 15) is 24.6 Å². The second kappa shape index (κ2) is 10.8. The minimum atomic E-state index is -1.76. The van der Waals surface area contributed by atoms with Crippen molar-refractivity contribution in [3.05, 3.63) is 24.3 Å². The van der Waals surface area contributed by atoms with E-state index >= 15 is 0 Å². The molecule has 0 radical (unpaired) electrons. The molecule has 3 rings (SSSR count). The summed E-state index contributed by atoms with van der Waals surface area (Å²) in [6.07, 6.45) is 5.97. The van der Waals surface area contributed by atoms with Crippen LogP contribution in [0.5, 0.6) is 5.75 Å². The number of unbranched alkanes of at least 4 members (excludes halogenated alkanes) is 2. The van der Waals surface area contributed by atoms with Crippen LogP contribution in [-0.2, 0) is 14.4 Å². The normalized spacial score (nSPS) is 22.5. The van der Waals surface area contributed by atoms with Gasteiger partial charge in [0.1, 0.15) is 18.2 Å². The van der Waals surface area contributed by atoms with Gasteiger partial charge >= 0.3 is 11.9 Å². The first kappa shape index (κ1) is 24.0. The first-order chi connectivity index (χ1) is 15.3. The van der Waals surface area contributed by atoms with Crippen molar-refractivity contribution in [3.63, 3.8) is 0 Å². The summed E-state index contributed by atoms with van der Waals surface area (Å²) < 4.78 is 5.94. The Kier molecular flexibility index (Phi) is 8.09. The van der Waals surface area contributed by atoms with Gasteiger partial charge in [-0.1, -0.05) is 37.8 Å². The Morgan fingerprint density at radius 3 is 2.59 bits per heavy atom. The van der Waals surface area contributed by atoms with E-state index in [0.717, 1.165) is 43.2 Å². The number of nitrogens with one attached hydrogen (secondary N) is 1. The van der Waals surface area contributed by atoms with Crippen molar-refractivity contribution in [2.75, 3.05) is 24.5 Å². The molecular formula is C23H33N3O6. The van der Waals surface area contributed by atoms with Crippen molar-refractivity contribution in [1.82, 2.24) is 5.32 Å². The highest BCUT2D eigenvalue weighted by molar-refractivity contribution is 6.00. The number of piperidine rings is 1. The van der Waals surface area contributed by atoms with Gasteiger partial charge in [0.05, 0.1) is 12.1 Å². The van der Waals surface area contributed by atoms with Crippen LogP contribution in [0, 0.1) is 11.8 Å². The zero-order valence-corrected chi connectivity index (χ0v) is 18.3. The molecule has 32 heavy (non-hydrogen) atoms. The Bertz CT molecular complexity index is 826. The third kappa shape index (κ3) is 5.98. The van der Waals surface area contributed by atoms with Crippen molar-refractivity contribution in [3.8, 4) is 5.75 Å². The van der Waals surface area contributed by atoms with Gasteiger partial charge in [0.2, 0.25) is 5.91 Å². The van der Waals surface area contributed by atoms with Crippen LogP contribution in [0.3, 0.4) is 0 Å². The zero-order chi connectivity index (χ0) is 23.1. The lowest BCUT2D eigenvalue weighted by Gasteiger charge is -2.33. The van der Waals surface area contributed by atoms with Crippen LogP contribution >= 0.6 is 0 Å². The summed E-state index contributed by atoms with van der Waals surface area (Å²) in [5, 5.41) is 22.5. The van der Waals surface area contributed by atoms with Crippen LogP contribution < -0.4 is 20.7 Å². The molecule has 1 aromatic rings. The van der Waals surface area contributed by atoms with E-state index in [-0.39, 0.29) is 17.9 Å². The summed E-state index contributed by atoms with van der Waals surface area (Å²) in [6, 6.07) is 6.47. The number of carboxylic acid groups (broad SMARTS) is 2. The van der Waals surface area contributed by atoms with E-state index in [1.54, 1.807) is 24.3 Å². The number of hydrogen-bond donors (Lipinski definition) is 4. The van der Waals surface area contributed by atoms with E-state index in [1.165, 1.54) is 12.8 Å². The number of fused-ring (bicyclic) bond motifs is 1. The number of hydrogen-bond acceptors (Lipinski definition) is 6. The summed E-state index contributed by atoms with van der Waals surface area (Å²) in [5.74, 6) is -3.03. The largest absolute Gasteiger partial charge is 0.481 e.